The lowest BCUT2D eigenvalue weighted by atomic mass is 10.2. The number of amides is 1. The Morgan fingerprint density at radius 3 is 3.00 bits per heavy atom. The summed E-state index contributed by atoms with van der Waals surface area (Å²) in [4.78, 5) is 15.8. The van der Waals surface area contributed by atoms with Gasteiger partial charge in [0.2, 0.25) is 5.82 Å². The number of para-hydroxylation sites is 2. The zero-order chi connectivity index (χ0) is 13.9. The van der Waals surface area contributed by atoms with Gasteiger partial charge in [0.25, 0.3) is 5.91 Å². The second-order valence-corrected chi connectivity index (χ2v) is 4.45. The Hall–Kier alpha value is -2.57. The van der Waals surface area contributed by atoms with Crippen molar-refractivity contribution in [2.45, 2.75) is 13.0 Å². The molecule has 7 heteroatoms. The van der Waals surface area contributed by atoms with E-state index in [1.54, 1.807) is 6.92 Å². The SMILES string of the molecule is Cc1nc(C(=O)NCC2COc3ccccc3O2)n[nH]1. The van der Waals surface area contributed by atoms with Gasteiger partial charge in [0, 0.05) is 0 Å². The number of hydrogen-bond donors (Lipinski definition) is 2. The third-order valence-electron chi connectivity index (χ3n) is 2.86. The second-order valence-electron chi connectivity index (χ2n) is 4.45. The van der Waals surface area contributed by atoms with Gasteiger partial charge in [-0.25, -0.2) is 4.98 Å². The van der Waals surface area contributed by atoms with Gasteiger partial charge in [-0.3, -0.25) is 9.89 Å². The Labute approximate surface area is 115 Å². The van der Waals surface area contributed by atoms with Crippen molar-refractivity contribution in [3.8, 4) is 11.5 Å². The Morgan fingerprint density at radius 2 is 2.25 bits per heavy atom. The number of rotatable bonds is 3. The molecule has 0 saturated heterocycles. The Morgan fingerprint density at radius 1 is 1.45 bits per heavy atom. The summed E-state index contributed by atoms with van der Waals surface area (Å²) in [5.74, 6) is 1.80. The average Bonchev–Trinajstić information content (AvgIpc) is 2.91. The summed E-state index contributed by atoms with van der Waals surface area (Å²) in [6.45, 7) is 2.46. The molecule has 1 aliphatic rings. The van der Waals surface area contributed by atoms with Gasteiger partial charge < -0.3 is 14.8 Å². The third kappa shape index (κ3) is 2.56. The van der Waals surface area contributed by atoms with Crippen LogP contribution in [0.2, 0.25) is 0 Å². The maximum atomic E-state index is 11.8. The molecule has 2 heterocycles. The van der Waals surface area contributed by atoms with Crippen LogP contribution < -0.4 is 14.8 Å². The molecule has 7 nitrogen and oxygen atoms in total. The Bertz CT molecular complexity index is 626. The van der Waals surface area contributed by atoms with Crippen molar-refractivity contribution in [2.75, 3.05) is 13.2 Å². The number of H-pyrrole nitrogens is 1. The van der Waals surface area contributed by atoms with Crippen molar-refractivity contribution in [3.05, 3.63) is 35.9 Å². The molecule has 2 N–H and O–H groups in total. The monoisotopic (exact) mass is 274 g/mol. The number of aryl methyl sites for hydroxylation is 1. The minimum absolute atomic E-state index is 0.125. The van der Waals surface area contributed by atoms with Gasteiger partial charge in [0.1, 0.15) is 18.5 Å². The number of carbonyl (C=O) groups is 1. The van der Waals surface area contributed by atoms with Gasteiger partial charge >= 0.3 is 0 Å². The van der Waals surface area contributed by atoms with E-state index in [0.29, 0.717) is 24.7 Å². The number of aromatic amines is 1. The average molecular weight is 274 g/mol. The number of carbonyl (C=O) groups excluding carboxylic acids is 1. The molecule has 1 aliphatic heterocycles. The number of hydrogen-bond acceptors (Lipinski definition) is 5. The quantitative estimate of drug-likeness (QED) is 0.859. The fourth-order valence-corrected chi connectivity index (χ4v) is 1.89. The largest absolute Gasteiger partial charge is 0.486 e. The van der Waals surface area contributed by atoms with Crippen molar-refractivity contribution in [1.29, 1.82) is 0 Å². The van der Waals surface area contributed by atoms with E-state index in [2.05, 4.69) is 20.5 Å². The molecule has 0 aliphatic carbocycles. The van der Waals surface area contributed by atoms with E-state index >= 15 is 0 Å². The fourth-order valence-electron chi connectivity index (χ4n) is 1.89. The highest BCUT2D eigenvalue weighted by Crippen LogP contribution is 2.30. The molecule has 104 valence electrons. The second kappa shape index (κ2) is 5.20. The highest BCUT2D eigenvalue weighted by molar-refractivity contribution is 5.90. The standard InChI is InChI=1S/C13H14N4O3/c1-8-15-12(17-16-8)13(18)14-6-9-7-19-10-4-2-3-5-11(10)20-9/h2-5,9H,6-7H2,1H3,(H,14,18)(H,15,16,17). The molecular formula is C13H14N4O3. The van der Waals surface area contributed by atoms with Crippen LogP contribution in [0, 0.1) is 6.92 Å². The first-order chi connectivity index (χ1) is 9.72. The molecule has 1 aromatic heterocycles. The molecule has 1 atom stereocenters. The number of fused-ring (bicyclic) bond motifs is 1. The van der Waals surface area contributed by atoms with Crippen LogP contribution in [0.1, 0.15) is 16.4 Å². The van der Waals surface area contributed by atoms with E-state index < -0.39 is 0 Å². The molecule has 1 aromatic carbocycles. The maximum Gasteiger partial charge on any atom is 0.291 e. The van der Waals surface area contributed by atoms with Gasteiger partial charge in [-0.15, -0.1) is 5.10 Å². The molecule has 0 fully saturated rings. The van der Waals surface area contributed by atoms with E-state index in [0.717, 1.165) is 5.75 Å². The van der Waals surface area contributed by atoms with Crippen molar-refractivity contribution in [2.24, 2.45) is 0 Å². The number of aromatic nitrogens is 3. The topological polar surface area (TPSA) is 89.1 Å². The van der Waals surface area contributed by atoms with Gasteiger partial charge in [0.15, 0.2) is 11.5 Å². The number of benzene rings is 1. The molecule has 20 heavy (non-hydrogen) atoms. The van der Waals surface area contributed by atoms with Crippen LogP contribution in [0.25, 0.3) is 0 Å². The van der Waals surface area contributed by atoms with Crippen molar-refractivity contribution < 1.29 is 14.3 Å². The first kappa shape index (κ1) is 12.5. The Balaban J connectivity index is 1.56. The summed E-state index contributed by atoms with van der Waals surface area (Å²) in [5, 5.41) is 9.14. The van der Waals surface area contributed by atoms with Crippen LogP contribution >= 0.6 is 0 Å². The lowest BCUT2D eigenvalue weighted by Gasteiger charge is -2.26. The summed E-state index contributed by atoms with van der Waals surface area (Å²) >= 11 is 0. The fraction of sp³-hybridized carbons (Fsp3) is 0.308. The van der Waals surface area contributed by atoms with Gasteiger partial charge in [-0.2, -0.15) is 0 Å². The molecule has 2 aromatic rings. The summed E-state index contributed by atoms with van der Waals surface area (Å²) in [6, 6.07) is 7.44. The molecule has 3 rings (SSSR count). The minimum atomic E-state index is -0.336. The molecular weight excluding hydrogens is 260 g/mol. The molecule has 1 unspecified atom stereocenters. The van der Waals surface area contributed by atoms with Crippen molar-refractivity contribution >= 4 is 5.91 Å². The van der Waals surface area contributed by atoms with Crippen LogP contribution in [0.3, 0.4) is 0 Å². The van der Waals surface area contributed by atoms with Gasteiger partial charge in [-0.05, 0) is 19.1 Å². The lowest BCUT2D eigenvalue weighted by Crippen LogP contribution is -2.41. The smallest absolute Gasteiger partial charge is 0.291 e. The first-order valence-electron chi connectivity index (χ1n) is 6.28. The van der Waals surface area contributed by atoms with Crippen LogP contribution in [0.4, 0.5) is 0 Å². The van der Waals surface area contributed by atoms with Crippen LogP contribution in [-0.4, -0.2) is 40.3 Å². The molecule has 0 radical (unpaired) electrons. The van der Waals surface area contributed by atoms with Crippen molar-refractivity contribution in [3.63, 3.8) is 0 Å². The van der Waals surface area contributed by atoms with Crippen LogP contribution in [-0.2, 0) is 0 Å². The zero-order valence-electron chi connectivity index (χ0n) is 10.9. The highest BCUT2D eigenvalue weighted by atomic mass is 16.6. The minimum Gasteiger partial charge on any atom is -0.486 e. The lowest BCUT2D eigenvalue weighted by molar-refractivity contribution is 0.0783. The molecule has 0 bridgehead atoms. The van der Waals surface area contributed by atoms with Crippen LogP contribution in [0.5, 0.6) is 11.5 Å². The third-order valence-corrected chi connectivity index (χ3v) is 2.86. The van der Waals surface area contributed by atoms with Crippen molar-refractivity contribution in [1.82, 2.24) is 20.5 Å². The summed E-state index contributed by atoms with van der Waals surface area (Å²) in [6.07, 6.45) is -0.228. The summed E-state index contributed by atoms with van der Waals surface area (Å²) in [7, 11) is 0. The van der Waals surface area contributed by atoms with Crippen LogP contribution in [0.15, 0.2) is 24.3 Å². The molecule has 0 saturated carbocycles. The molecule has 0 spiro atoms. The molecule has 1 amide bonds. The Kier molecular flexibility index (Phi) is 3.24. The predicted octanol–water partition coefficient (Wildman–Crippen LogP) is 0.683. The van der Waals surface area contributed by atoms with Gasteiger partial charge in [-0.1, -0.05) is 12.1 Å². The van der Waals surface area contributed by atoms with Gasteiger partial charge in [0.05, 0.1) is 6.54 Å². The predicted molar refractivity (Wildman–Crippen MR) is 69.8 cm³/mol. The normalized spacial score (nSPS) is 16.8. The number of nitrogens with one attached hydrogen (secondary N) is 2. The number of nitrogens with zero attached hydrogens (tertiary/aromatic N) is 2. The van der Waals surface area contributed by atoms with E-state index in [-0.39, 0.29) is 17.8 Å². The summed E-state index contributed by atoms with van der Waals surface area (Å²) in [5.41, 5.74) is 0. The summed E-state index contributed by atoms with van der Waals surface area (Å²) < 4.78 is 11.3. The number of ether oxygens (including phenoxy) is 2. The van der Waals surface area contributed by atoms with E-state index in [9.17, 15) is 4.79 Å². The van der Waals surface area contributed by atoms with E-state index in [1.165, 1.54) is 0 Å². The first-order valence-corrected chi connectivity index (χ1v) is 6.28. The maximum absolute atomic E-state index is 11.8. The zero-order valence-corrected chi connectivity index (χ0v) is 10.9. The van der Waals surface area contributed by atoms with E-state index in [4.69, 9.17) is 9.47 Å². The van der Waals surface area contributed by atoms with E-state index in [1.807, 2.05) is 24.3 Å². The highest BCUT2D eigenvalue weighted by Gasteiger charge is 2.22.